The molecule has 1 fully saturated rings. The van der Waals surface area contributed by atoms with Gasteiger partial charge in [-0.1, -0.05) is 20.1 Å². The van der Waals surface area contributed by atoms with Crippen molar-refractivity contribution in [3.63, 3.8) is 0 Å². The first-order valence-corrected chi connectivity index (χ1v) is 7.17. The second-order valence-corrected chi connectivity index (χ2v) is 5.06. The maximum absolute atomic E-state index is 13.7. The lowest BCUT2D eigenvalue weighted by Gasteiger charge is -2.43. The largest absolute Gasteiger partial charge is 0.493 e. The van der Waals surface area contributed by atoms with E-state index >= 15 is 0 Å². The van der Waals surface area contributed by atoms with Crippen LogP contribution < -0.4 is 9.47 Å². The summed E-state index contributed by atoms with van der Waals surface area (Å²) in [5.74, 6) is -9.26. The molecule has 3 unspecified atom stereocenters. The molecular weight excluding hydrogens is 302 g/mol. The van der Waals surface area contributed by atoms with E-state index < -0.39 is 104 Å². The summed E-state index contributed by atoms with van der Waals surface area (Å²) in [4.78, 5) is 13.6. The van der Waals surface area contributed by atoms with Gasteiger partial charge in [-0.25, -0.2) is 0 Å². The molecule has 2 heterocycles. The summed E-state index contributed by atoms with van der Waals surface area (Å²) < 4.78 is 154. The van der Waals surface area contributed by atoms with Gasteiger partial charge in [0.05, 0.1) is 18.3 Å². The van der Waals surface area contributed by atoms with E-state index in [4.69, 9.17) is 31.4 Å². The van der Waals surface area contributed by atoms with E-state index in [-0.39, 0.29) is 4.90 Å². The van der Waals surface area contributed by atoms with Gasteiger partial charge in [0.1, 0.15) is 5.78 Å². The topological polar surface area (TPSA) is 38.8 Å². The average Bonchev–Trinajstić information content (AvgIpc) is 2.74. The lowest BCUT2D eigenvalue weighted by molar-refractivity contribution is -0.129. The summed E-state index contributed by atoms with van der Waals surface area (Å²) in [6.07, 6.45) is -11.9. The minimum atomic E-state index is -3.90. The maximum Gasteiger partial charge on any atom is 0.161 e. The zero-order valence-corrected chi connectivity index (χ0v) is 13.5. The van der Waals surface area contributed by atoms with E-state index in [1.54, 1.807) is 0 Å². The van der Waals surface area contributed by atoms with Crippen molar-refractivity contribution in [3.8, 4) is 11.5 Å². The number of carbonyl (C=O) groups is 1. The number of carbonyl (C=O) groups excluding carboxylic acids is 1. The van der Waals surface area contributed by atoms with Crippen molar-refractivity contribution in [2.75, 3.05) is 27.2 Å². The molecule has 132 valence electrons. The Morgan fingerprint density at radius 2 is 2.29 bits per heavy atom. The van der Waals surface area contributed by atoms with E-state index in [0.717, 1.165) is 14.2 Å². The fraction of sp³-hybridized carbons (Fsp3) is 0.650. The van der Waals surface area contributed by atoms with Crippen LogP contribution in [0.4, 0.5) is 0 Å². The van der Waals surface area contributed by atoms with Gasteiger partial charge in [-0.05, 0) is 41.9 Å². The number of fused-ring (bicyclic) bond motifs is 3. The number of ether oxygens (including phenoxy) is 2. The van der Waals surface area contributed by atoms with Gasteiger partial charge in [-0.3, -0.25) is 9.69 Å². The van der Waals surface area contributed by atoms with Gasteiger partial charge in [-0.2, -0.15) is 0 Å². The summed E-state index contributed by atoms with van der Waals surface area (Å²) >= 11 is 0. The molecule has 0 N–H and O–H groups in total. The third kappa shape index (κ3) is 3.16. The van der Waals surface area contributed by atoms with Crippen molar-refractivity contribution in [3.05, 3.63) is 23.2 Å². The number of methoxy groups -OCH3 is 2. The number of hydrogen-bond donors (Lipinski definition) is 0. The van der Waals surface area contributed by atoms with Crippen molar-refractivity contribution in [1.82, 2.24) is 4.90 Å². The molecule has 1 aromatic carbocycles. The minimum Gasteiger partial charge on any atom is -0.493 e. The quantitative estimate of drug-likeness (QED) is 0.814. The first-order chi connectivity index (χ1) is 18.1. The monoisotopic (exact) mass is 348 g/mol. The summed E-state index contributed by atoms with van der Waals surface area (Å²) in [5.41, 5.74) is -1.72. The highest BCUT2D eigenvalue weighted by atomic mass is 16.5. The molecule has 4 heteroatoms. The first kappa shape index (κ1) is 6.01. The molecule has 0 aliphatic carbocycles. The minimum absolute atomic E-state index is 0.117. The Bertz CT molecular complexity index is 1260. The van der Waals surface area contributed by atoms with Gasteiger partial charge in [-0.15, -0.1) is 0 Å². The standard InChI is InChI=1S/C20H29NO3/c1-5-13(2)8-15-12-21-7-6-14-9-19(23-3)20(24-4)10-16(14)17(21)11-18(15)22/h9-10,13,15,17H,5-8,11-12H2,1-4H3/i2D3,5D2,6D2,7D2,8D2,9D,10D,12D2,13D,17D. The van der Waals surface area contributed by atoms with Crippen molar-refractivity contribution in [2.45, 2.75) is 45.3 Å². The lowest BCUT2D eigenvalue weighted by Crippen LogP contribution is -2.46. The van der Waals surface area contributed by atoms with Gasteiger partial charge >= 0.3 is 0 Å². The normalized spacial score (nSPS) is 47.7. The number of ketones is 1. The Morgan fingerprint density at radius 3 is 2.96 bits per heavy atom. The summed E-state index contributed by atoms with van der Waals surface area (Å²) in [6.45, 7) is -10.7. The zero-order valence-electron chi connectivity index (χ0n) is 30.5. The Kier molecular flexibility index (Phi) is 1.79. The van der Waals surface area contributed by atoms with Crippen molar-refractivity contribution < 1.29 is 37.6 Å². The number of hydrogen-bond acceptors (Lipinski definition) is 4. The smallest absolute Gasteiger partial charge is 0.161 e. The molecule has 0 spiro atoms. The number of Topliss-reactive ketones (excluding diaryl/α,β-unsaturated/α-hetero) is 1. The van der Waals surface area contributed by atoms with Crippen LogP contribution in [0.1, 0.15) is 73.4 Å². The van der Waals surface area contributed by atoms with Crippen LogP contribution in [0, 0.1) is 11.8 Å². The number of nitrogens with zero attached hydrogens (tertiary/aromatic N) is 1. The molecule has 1 saturated heterocycles. The van der Waals surface area contributed by atoms with Crippen LogP contribution in [0.5, 0.6) is 11.5 Å². The Balaban J connectivity index is 2.49. The van der Waals surface area contributed by atoms with Crippen molar-refractivity contribution in [1.29, 1.82) is 0 Å². The lowest BCUT2D eigenvalue weighted by atomic mass is 9.79. The zero-order chi connectivity index (χ0) is 32.3. The average molecular weight is 349 g/mol. The fourth-order valence-corrected chi connectivity index (χ4v) is 2.43. The van der Waals surface area contributed by atoms with Gasteiger partial charge in [0.25, 0.3) is 0 Å². The predicted molar refractivity (Wildman–Crippen MR) is 94.8 cm³/mol. The molecule has 4 nitrogen and oxygen atoms in total. The van der Waals surface area contributed by atoms with E-state index in [2.05, 4.69) is 0 Å². The van der Waals surface area contributed by atoms with Crippen LogP contribution in [0.25, 0.3) is 0 Å². The molecule has 0 bridgehead atoms. The molecule has 3 atom stereocenters. The Morgan fingerprint density at radius 1 is 1.54 bits per heavy atom. The molecule has 2 aliphatic heterocycles. The molecule has 0 radical (unpaired) electrons. The van der Waals surface area contributed by atoms with E-state index in [1.807, 2.05) is 0 Å². The van der Waals surface area contributed by atoms with E-state index in [1.165, 1.54) is 0 Å². The van der Waals surface area contributed by atoms with Crippen molar-refractivity contribution in [2.24, 2.45) is 11.8 Å². The van der Waals surface area contributed by atoms with Gasteiger partial charge in [0.15, 0.2) is 11.5 Å². The molecule has 1 aromatic rings. The highest BCUT2D eigenvalue weighted by molar-refractivity contribution is 5.83. The third-order valence-electron chi connectivity index (χ3n) is 3.65. The van der Waals surface area contributed by atoms with Crippen LogP contribution in [0.15, 0.2) is 12.1 Å². The van der Waals surface area contributed by atoms with Crippen LogP contribution in [0.2, 0.25) is 0 Å². The first-order valence-electron chi connectivity index (χ1n) is 15.7. The molecule has 0 aromatic heterocycles. The van der Waals surface area contributed by atoms with Crippen molar-refractivity contribution >= 4 is 5.78 Å². The van der Waals surface area contributed by atoms with Gasteiger partial charge in [0, 0.05) is 50.5 Å². The number of benzene rings is 1. The van der Waals surface area contributed by atoms with E-state index in [0.29, 0.717) is 6.92 Å². The second-order valence-electron chi connectivity index (χ2n) is 5.06. The van der Waals surface area contributed by atoms with E-state index in [9.17, 15) is 6.17 Å². The highest BCUT2D eigenvalue weighted by Gasteiger charge is 2.38. The summed E-state index contributed by atoms with van der Waals surface area (Å²) in [6, 6.07) is -4.69. The number of piperidine rings is 1. The molecule has 2 aliphatic rings. The molecular formula is C20H29NO3. The fourth-order valence-electron chi connectivity index (χ4n) is 2.43. The third-order valence-corrected chi connectivity index (χ3v) is 3.65. The Labute approximate surface area is 169 Å². The molecule has 24 heavy (non-hydrogen) atoms. The predicted octanol–water partition coefficient (Wildman–Crippen LogP) is 3.63. The summed E-state index contributed by atoms with van der Waals surface area (Å²) in [7, 11) is 2.13. The molecule has 0 amide bonds. The Hall–Kier alpha value is -1.55. The van der Waals surface area contributed by atoms with Crippen LogP contribution in [0.3, 0.4) is 0 Å². The molecule has 3 rings (SSSR count). The number of rotatable bonds is 5. The highest BCUT2D eigenvalue weighted by Crippen LogP contribution is 2.42. The second kappa shape index (κ2) is 7.14. The van der Waals surface area contributed by atoms with Crippen LogP contribution >= 0.6 is 0 Å². The van der Waals surface area contributed by atoms with Gasteiger partial charge in [0.2, 0.25) is 0 Å². The molecule has 0 saturated carbocycles. The maximum atomic E-state index is 13.7. The van der Waals surface area contributed by atoms with Gasteiger partial charge < -0.3 is 9.47 Å². The van der Waals surface area contributed by atoms with Crippen LogP contribution in [-0.2, 0) is 11.2 Å². The van der Waals surface area contributed by atoms with Crippen LogP contribution in [-0.4, -0.2) is 37.9 Å². The SMILES string of the molecule is [2H]c1c(OC)c(OC)c([2H])c2c1C1([2H])CC(=O)C(C([2H])([2H])C([2H])(C([2H])([2H])[2H])C([2H])([2H])C)C([2H])([2H])N1C([2H])([2H])C2([2H])[2H]. The summed E-state index contributed by atoms with van der Waals surface area (Å²) in [5, 5.41) is 0.